The summed E-state index contributed by atoms with van der Waals surface area (Å²) in [6, 6.07) is 5.62. The quantitative estimate of drug-likeness (QED) is 0.927. The molecule has 3 rings (SSSR count). The molecule has 0 spiro atoms. The molecule has 6 heteroatoms. The highest BCUT2D eigenvalue weighted by Gasteiger charge is 2.32. The van der Waals surface area contributed by atoms with Crippen molar-refractivity contribution in [3.8, 4) is 0 Å². The number of benzene rings is 1. The first-order valence-corrected chi connectivity index (χ1v) is 7.98. The number of carbonyl (C=O) groups is 1. The maximum Gasteiger partial charge on any atom is 0.252 e. The number of morpholine rings is 1. The number of hydrogen-bond acceptors (Lipinski definition) is 3. The first-order chi connectivity index (χ1) is 10.1. The SMILES string of the molecule is O=C(NC[C@H]1CN2CCC[C@@H]2CO1)c1cccc(Cl)c1Cl. The van der Waals surface area contributed by atoms with Crippen LogP contribution in [0.25, 0.3) is 0 Å². The monoisotopic (exact) mass is 328 g/mol. The minimum atomic E-state index is -0.213. The molecule has 0 radical (unpaired) electrons. The molecular weight excluding hydrogens is 311 g/mol. The number of ether oxygens (including phenoxy) is 1. The lowest BCUT2D eigenvalue weighted by atomic mass is 10.1. The van der Waals surface area contributed by atoms with Crippen molar-refractivity contribution >= 4 is 29.1 Å². The van der Waals surface area contributed by atoms with Gasteiger partial charge in [-0.15, -0.1) is 0 Å². The van der Waals surface area contributed by atoms with Crippen molar-refractivity contribution in [2.45, 2.75) is 25.0 Å². The van der Waals surface area contributed by atoms with E-state index in [4.69, 9.17) is 27.9 Å². The Balaban J connectivity index is 1.55. The molecular formula is C15H18Cl2N2O2. The van der Waals surface area contributed by atoms with Crippen molar-refractivity contribution < 1.29 is 9.53 Å². The van der Waals surface area contributed by atoms with Gasteiger partial charge in [0, 0.05) is 19.1 Å². The van der Waals surface area contributed by atoms with E-state index in [1.807, 2.05) is 0 Å². The highest BCUT2D eigenvalue weighted by Crippen LogP contribution is 2.25. The number of fused-ring (bicyclic) bond motifs is 1. The highest BCUT2D eigenvalue weighted by molar-refractivity contribution is 6.43. The van der Waals surface area contributed by atoms with Crippen LogP contribution in [0.1, 0.15) is 23.2 Å². The molecule has 2 aliphatic rings. The Morgan fingerprint density at radius 1 is 1.43 bits per heavy atom. The lowest BCUT2D eigenvalue weighted by Gasteiger charge is -2.35. The summed E-state index contributed by atoms with van der Waals surface area (Å²) in [6.07, 6.45) is 2.50. The summed E-state index contributed by atoms with van der Waals surface area (Å²) in [6.45, 7) is 3.27. The molecule has 2 aliphatic heterocycles. The molecule has 0 aliphatic carbocycles. The maximum absolute atomic E-state index is 12.2. The minimum absolute atomic E-state index is 0.0428. The summed E-state index contributed by atoms with van der Waals surface area (Å²) in [7, 11) is 0. The zero-order chi connectivity index (χ0) is 14.8. The maximum atomic E-state index is 12.2. The summed E-state index contributed by atoms with van der Waals surface area (Å²) in [4.78, 5) is 14.6. The number of hydrogen-bond donors (Lipinski definition) is 1. The molecule has 114 valence electrons. The predicted octanol–water partition coefficient (Wildman–Crippen LogP) is 2.59. The second-order valence-electron chi connectivity index (χ2n) is 5.56. The third kappa shape index (κ3) is 3.34. The van der Waals surface area contributed by atoms with Crippen LogP contribution in [0.4, 0.5) is 0 Å². The summed E-state index contributed by atoms with van der Waals surface area (Å²) in [5, 5.41) is 3.56. The molecule has 0 saturated carbocycles. The van der Waals surface area contributed by atoms with Gasteiger partial charge in [0.15, 0.2) is 0 Å². The van der Waals surface area contributed by atoms with Gasteiger partial charge in [-0.3, -0.25) is 9.69 Å². The fourth-order valence-corrected chi connectivity index (χ4v) is 3.38. The van der Waals surface area contributed by atoms with Crippen molar-refractivity contribution in [3.05, 3.63) is 33.8 Å². The zero-order valence-electron chi connectivity index (χ0n) is 11.6. The standard InChI is InChI=1S/C15H18Cl2N2O2/c16-13-5-1-4-12(14(13)17)15(20)18-7-11-8-19-6-2-3-10(19)9-21-11/h1,4-5,10-11H,2-3,6-9H2,(H,18,20)/t10-,11+/m1/s1. The van der Waals surface area contributed by atoms with E-state index < -0.39 is 0 Å². The van der Waals surface area contributed by atoms with Gasteiger partial charge in [-0.2, -0.15) is 0 Å². The molecule has 2 heterocycles. The molecule has 0 aromatic heterocycles. The summed E-state index contributed by atoms with van der Waals surface area (Å²) in [5.41, 5.74) is 0.402. The van der Waals surface area contributed by atoms with Crippen molar-refractivity contribution in [1.29, 1.82) is 0 Å². The van der Waals surface area contributed by atoms with Crippen LogP contribution in [0, 0.1) is 0 Å². The lowest BCUT2D eigenvalue weighted by Crippen LogP contribution is -2.50. The Labute approximate surface area is 134 Å². The van der Waals surface area contributed by atoms with E-state index in [0.717, 1.165) is 19.7 Å². The Kier molecular flexibility index (Phi) is 4.69. The van der Waals surface area contributed by atoms with Gasteiger partial charge >= 0.3 is 0 Å². The molecule has 0 bridgehead atoms. The van der Waals surface area contributed by atoms with Gasteiger partial charge < -0.3 is 10.1 Å². The van der Waals surface area contributed by atoms with Crippen LogP contribution in [-0.2, 0) is 4.74 Å². The van der Waals surface area contributed by atoms with Crippen LogP contribution in [-0.4, -0.2) is 49.2 Å². The van der Waals surface area contributed by atoms with Crippen LogP contribution in [0.15, 0.2) is 18.2 Å². The van der Waals surface area contributed by atoms with Gasteiger partial charge in [0.2, 0.25) is 0 Å². The zero-order valence-corrected chi connectivity index (χ0v) is 13.2. The van der Waals surface area contributed by atoms with E-state index >= 15 is 0 Å². The number of amides is 1. The number of halogens is 2. The van der Waals surface area contributed by atoms with E-state index in [2.05, 4.69) is 10.2 Å². The summed E-state index contributed by atoms with van der Waals surface area (Å²) in [5.74, 6) is -0.213. The van der Waals surface area contributed by atoms with Gasteiger partial charge in [-0.25, -0.2) is 0 Å². The fourth-order valence-electron chi connectivity index (χ4n) is 2.99. The Hall–Kier alpha value is -0.810. The average Bonchev–Trinajstić information content (AvgIpc) is 2.95. The van der Waals surface area contributed by atoms with Gasteiger partial charge in [-0.05, 0) is 31.5 Å². The highest BCUT2D eigenvalue weighted by atomic mass is 35.5. The molecule has 4 nitrogen and oxygen atoms in total. The van der Waals surface area contributed by atoms with Crippen LogP contribution in [0.2, 0.25) is 10.0 Å². The number of nitrogens with one attached hydrogen (secondary N) is 1. The second-order valence-corrected chi connectivity index (χ2v) is 6.34. The Morgan fingerprint density at radius 3 is 3.14 bits per heavy atom. The Morgan fingerprint density at radius 2 is 2.29 bits per heavy atom. The van der Waals surface area contributed by atoms with Crippen LogP contribution < -0.4 is 5.32 Å². The van der Waals surface area contributed by atoms with Gasteiger partial charge in [-0.1, -0.05) is 29.3 Å². The van der Waals surface area contributed by atoms with Crippen LogP contribution in [0.5, 0.6) is 0 Å². The predicted molar refractivity (Wildman–Crippen MR) is 83.1 cm³/mol. The molecule has 1 aromatic rings. The van der Waals surface area contributed by atoms with E-state index in [1.165, 1.54) is 12.8 Å². The van der Waals surface area contributed by atoms with E-state index in [9.17, 15) is 4.79 Å². The van der Waals surface area contributed by atoms with E-state index in [1.54, 1.807) is 18.2 Å². The first-order valence-electron chi connectivity index (χ1n) is 7.23. The van der Waals surface area contributed by atoms with Gasteiger partial charge in [0.25, 0.3) is 5.91 Å². The van der Waals surface area contributed by atoms with Gasteiger partial charge in [0.1, 0.15) is 0 Å². The molecule has 0 unspecified atom stereocenters. The van der Waals surface area contributed by atoms with E-state index in [-0.39, 0.29) is 12.0 Å². The number of nitrogens with zero attached hydrogens (tertiary/aromatic N) is 1. The molecule has 1 aromatic carbocycles. The normalized spacial score (nSPS) is 25.6. The average molecular weight is 329 g/mol. The smallest absolute Gasteiger partial charge is 0.252 e. The topological polar surface area (TPSA) is 41.6 Å². The lowest BCUT2D eigenvalue weighted by molar-refractivity contribution is -0.0461. The molecule has 2 saturated heterocycles. The molecule has 2 atom stereocenters. The molecule has 1 N–H and O–H groups in total. The van der Waals surface area contributed by atoms with Crippen molar-refractivity contribution in [1.82, 2.24) is 10.2 Å². The largest absolute Gasteiger partial charge is 0.373 e. The summed E-state index contributed by atoms with van der Waals surface area (Å²) < 4.78 is 5.82. The first kappa shape index (κ1) is 15.1. The minimum Gasteiger partial charge on any atom is -0.373 e. The van der Waals surface area contributed by atoms with Crippen LogP contribution in [0.3, 0.4) is 0 Å². The van der Waals surface area contributed by atoms with Crippen molar-refractivity contribution in [2.24, 2.45) is 0 Å². The third-order valence-corrected chi connectivity index (χ3v) is 4.97. The third-order valence-electron chi connectivity index (χ3n) is 4.15. The summed E-state index contributed by atoms with van der Waals surface area (Å²) >= 11 is 12.0. The van der Waals surface area contributed by atoms with E-state index in [0.29, 0.717) is 28.2 Å². The molecule has 21 heavy (non-hydrogen) atoms. The van der Waals surface area contributed by atoms with Crippen molar-refractivity contribution in [3.63, 3.8) is 0 Å². The van der Waals surface area contributed by atoms with Crippen molar-refractivity contribution in [2.75, 3.05) is 26.2 Å². The second kappa shape index (κ2) is 6.53. The molecule has 2 fully saturated rings. The number of carbonyl (C=O) groups excluding carboxylic acids is 1. The molecule has 1 amide bonds. The Bertz CT molecular complexity index is 538. The van der Waals surface area contributed by atoms with Crippen LogP contribution >= 0.6 is 23.2 Å². The number of rotatable bonds is 3. The van der Waals surface area contributed by atoms with Gasteiger partial charge in [0.05, 0.1) is 28.3 Å². The fraction of sp³-hybridized carbons (Fsp3) is 0.533.